The van der Waals surface area contributed by atoms with Crippen LogP contribution in [0.2, 0.25) is 0 Å². The van der Waals surface area contributed by atoms with Gasteiger partial charge in [0.25, 0.3) is 0 Å². The Balaban J connectivity index is 2.21. The molecule has 0 aliphatic heterocycles. The van der Waals surface area contributed by atoms with Gasteiger partial charge in [-0.25, -0.2) is 4.39 Å². The molecule has 1 aromatic carbocycles. The number of hydrogen-bond donors (Lipinski definition) is 0. The molecule has 1 fully saturated rings. The van der Waals surface area contributed by atoms with Gasteiger partial charge in [0.1, 0.15) is 5.82 Å². The van der Waals surface area contributed by atoms with E-state index in [1.165, 1.54) is 6.07 Å². The summed E-state index contributed by atoms with van der Waals surface area (Å²) in [4.78, 5) is 0. The Morgan fingerprint density at radius 1 is 1.23 bits per heavy atom. The average molecular weight is 199 g/mol. The summed E-state index contributed by atoms with van der Waals surface area (Å²) in [5.74, 6) is 0.252. The fraction of sp³-hybridized carbons (Fsp3) is 0.455. The second-order valence-electron chi connectivity index (χ2n) is 3.63. The molecule has 2 unspecified atom stereocenters. The Kier molecular flexibility index (Phi) is 2.54. The molecule has 0 spiro atoms. The second kappa shape index (κ2) is 3.67. The third-order valence-electron chi connectivity index (χ3n) is 2.71. The van der Waals surface area contributed by atoms with Crippen molar-refractivity contribution in [2.75, 3.05) is 0 Å². The van der Waals surface area contributed by atoms with Gasteiger partial charge in [0.05, 0.1) is 0 Å². The lowest BCUT2D eigenvalue weighted by molar-refractivity contribution is 0.580. The van der Waals surface area contributed by atoms with E-state index in [1.807, 2.05) is 12.1 Å². The second-order valence-corrected chi connectivity index (χ2v) is 4.25. The third kappa shape index (κ3) is 1.86. The number of hydrogen-bond acceptors (Lipinski definition) is 0. The molecule has 0 nitrogen and oxygen atoms in total. The van der Waals surface area contributed by atoms with Crippen LogP contribution in [0.5, 0.6) is 0 Å². The van der Waals surface area contributed by atoms with Gasteiger partial charge in [-0.3, -0.25) is 0 Å². The minimum absolute atomic E-state index is 0.0849. The summed E-state index contributed by atoms with van der Waals surface area (Å²) >= 11 is 5.99. The van der Waals surface area contributed by atoms with Crippen LogP contribution in [-0.2, 0) is 0 Å². The number of halogens is 2. The van der Waals surface area contributed by atoms with E-state index in [9.17, 15) is 4.39 Å². The molecule has 0 saturated heterocycles. The van der Waals surface area contributed by atoms with Gasteiger partial charge >= 0.3 is 0 Å². The first-order chi connectivity index (χ1) is 6.27. The molecule has 2 heteroatoms. The van der Waals surface area contributed by atoms with Crippen molar-refractivity contribution in [3.63, 3.8) is 0 Å². The van der Waals surface area contributed by atoms with Crippen molar-refractivity contribution < 1.29 is 4.39 Å². The maximum atomic E-state index is 13.3. The topological polar surface area (TPSA) is 0 Å². The zero-order valence-electron chi connectivity index (χ0n) is 7.34. The predicted molar refractivity (Wildman–Crippen MR) is 52.6 cm³/mol. The van der Waals surface area contributed by atoms with Crippen LogP contribution in [0, 0.1) is 5.82 Å². The van der Waals surface area contributed by atoms with E-state index < -0.39 is 0 Å². The van der Waals surface area contributed by atoms with Crippen LogP contribution in [0.1, 0.15) is 30.7 Å². The number of rotatable bonds is 1. The lowest BCUT2D eigenvalue weighted by Gasteiger charge is -2.09. The summed E-state index contributed by atoms with van der Waals surface area (Å²) in [5.41, 5.74) is 0.839. The Hall–Kier alpha value is -0.560. The normalized spacial score (nSPS) is 27.8. The lowest BCUT2D eigenvalue weighted by Crippen LogP contribution is -1.97. The van der Waals surface area contributed by atoms with Gasteiger partial charge in [-0.1, -0.05) is 18.2 Å². The third-order valence-corrected chi connectivity index (χ3v) is 3.11. The van der Waals surface area contributed by atoms with Gasteiger partial charge in [-0.05, 0) is 36.8 Å². The van der Waals surface area contributed by atoms with Crippen molar-refractivity contribution in [1.29, 1.82) is 0 Å². The zero-order valence-corrected chi connectivity index (χ0v) is 8.10. The summed E-state index contributed by atoms with van der Waals surface area (Å²) < 4.78 is 13.3. The first-order valence-electron chi connectivity index (χ1n) is 4.66. The van der Waals surface area contributed by atoms with Gasteiger partial charge in [-0.15, -0.1) is 11.6 Å². The van der Waals surface area contributed by atoms with Crippen molar-refractivity contribution in [2.24, 2.45) is 0 Å². The minimum Gasteiger partial charge on any atom is -0.207 e. The molecule has 0 aromatic heterocycles. The van der Waals surface area contributed by atoms with E-state index in [0.717, 1.165) is 24.8 Å². The largest absolute Gasteiger partial charge is 0.207 e. The molecule has 0 N–H and O–H groups in total. The number of alkyl halides is 1. The summed E-state index contributed by atoms with van der Waals surface area (Å²) in [6.45, 7) is 0. The molecular formula is C11H12ClF. The fourth-order valence-corrected chi connectivity index (χ4v) is 2.36. The standard InChI is InChI=1S/C11H12ClF/c12-9-6-5-8(7-9)10-3-1-2-4-11(10)13/h1-4,8-9H,5-7H2. The molecule has 2 rings (SSSR count). The quantitative estimate of drug-likeness (QED) is 0.604. The van der Waals surface area contributed by atoms with Crippen LogP contribution in [0.25, 0.3) is 0 Å². The monoisotopic (exact) mass is 198 g/mol. The molecule has 0 bridgehead atoms. The van der Waals surface area contributed by atoms with Gasteiger partial charge in [0.2, 0.25) is 0 Å². The van der Waals surface area contributed by atoms with Gasteiger partial charge in [-0.2, -0.15) is 0 Å². The molecular weight excluding hydrogens is 187 g/mol. The van der Waals surface area contributed by atoms with E-state index in [0.29, 0.717) is 5.92 Å². The highest BCUT2D eigenvalue weighted by Gasteiger charge is 2.25. The van der Waals surface area contributed by atoms with Crippen molar-refractivity contribution in [3.05, 3.63) is 35.6 Å². The van der Waals surface area contributed by atoms with E-state index in [-0.39, 0.29) is 11.2 Å². The molecule has 2 atom stereocenters. The smallest absolute Gasteiger partial charge is 0.126 e. The molecule has 0 heterocycles. The van der Waals surface area contributed by atoms with Crippen molar-refractivity contribution in [2.45, 2.75) is 30.6 Å². The van der Waals surface area contributed by atoms with Gasteiger partial charge in [0, 0.05) is 5.38 Å². The van der Waals surface area contributed by atoms with Crippen LogP contribution < -0.4 is 0 Å². The van der Waals surface area contributed by atoms with E-state index in [2.05, 4.69) is 0 Å². The first-order valence-corrected chi connectivity index (χ1v) is 5.09. The SMILES string of the molecule is Fc1ccccc1C1CCC(Cl)C1. The molecule has 0 amide bonds. The van der Waals surface area contributed by atoms with Crippen LogP contribution in [0.4, 0.5) is 4.39 Å². The molecule has 1 aliphatic carbocycles. The highest BCUT2D eigenvalue weighted by molar-refractivity contribution is 6.20. The summed E-state index contributed by atoms with van der Waals surface area (Å²) in [6.07, 6.45) is 2.96. The minimum atomic E-state index is -0.0849. The lowest BCUT2D eigenvalue weighted by atomic mass is 9.97. The highest BCUT2D eigenvalue weighted by atomic mass is 35.5. The van der Waals surface area contributed by atoms with Crippen molar-refractivity contribution in [1.82, 2.24) is 0 Å². The van der Waals surface area contributed by atoms with Crippen molar-refractivity contribution in [3.8, 4) is 0 Å². The first kappa shape index (κ1) is 9.01. The van der Waals surface area contributed by atoms with Crippen LogP contribution >= 0.6 is 11.6 Å². The molecule has 1 saturated carbocycles. The maximum Gasteiger partial charge on any atom is 0.126 e. The summed E-state index contributed by atoms with van der Waals surface area (Å²) in [6, 6.07) is 7.01. The molecule has 1 aliphatic rings. The fourth-order valence-electron chi connectivity index (χ4n) is 2.02. The molecule has 70 valence electrons. The van der Waals surface area contributed by atoms with Crippen LogP contribution in [0.15, 0.2) is 24.3 Å². The van der Waals surface area contributed by atoms with E-state index in [4.69, 9.17) is 11.6 Å². The molecule has 0 radical (unpaired) electrons. The average Bonchev–Trinajstić information content (AvgIpc) is 2.53. The van der Waals surface area contributed by atoms with Crippen molar-refractivity contribution >= 4 is 11.6 Å². The zero-order chi connectivity index (χ0) is 9.26. The van der Waals surface area contributed by atoms with Gasteiger partial charge < -0.3 is 0 Å². The van der Waals surface area contributed by atoms with Gasteiger partial charge in [0.15, 0.2) is 0 Å². The summed E-state index contributed by atoms with van der Waals surface area (Å²) in [7, 11) is 0. The van der Waals surface area contributed by atoms with E-state index in [1.54, 1.807) is 6.07 Å². The maximum absolute atomic E-state index is 13.3. The molecule has 1 aromatic rings. The predicted octanol–water partition coefficient (Wildman–Crippen LogP) is 3.70. The molecule has 13 heavy (non-hydrogen) atoms. The Bertz CT molecular complexity index is 298. The summed E-state index contributed by atoms with van der Waals surface area (Å²) in [5, 5.41) is 0.240. The van der Waals surface area contributed by atoms with E-state index >= 15 is 0 Å². The Labute approximate surface area is 82.7 Å². The Morgan fingerprint density at radius 3 is 2.62 bits per heavy atom. The highest BCUT2D eigenvalue weighted by Crippen LogP contribution is 2.37. The Morgan fingerprint density at radius 2 is 2.00 bits per heavy atom. The van der Waals surface area contributed by atoms with Crippen LogP contribution in [-0.4, -0.2) is 5.38 Å². The number of benzene rings is 1. The van der Waals surface area contributed by atoms with Crippen LogP contribution in [0.3, 0.4) is 0 Å².